The van der Waals surface area contributed by atoms with E-state index in [2.05, 4.69) is 19.9 Å². The Labute approximate surface area is 282 Å². The molecule has 1 N–H and O–H groups in total. The number of carboxylic acids is 1. The van der Waals surface area contributed by atoms with Crippen molar-refractivity contribution in [2.75, 3.05) is 41.0 Å². The summed E-state index contributed by atoms with van der Waals surface area (Å²) in [4.78, 5) is 36.6. The largest absolute Gasteiger partial charge is 0.477 e. The van der Waals surface area contributed by atoms with Crippen LogP contribution in [0.15, 0.2) is 12.2 Å². The second kappa shape index (κ2) is 30.4. The van der Waals surface area contributed by atoms with Crippen molar-refractivity contribution in [2.45, 2.75) is 174 Å². The van der Waals surface area contributed by atoms with E-state index in [0.29, 0.717) is 19.3 Å². The lowest BCUT2D eigenvalue weighted by atomic mass is 10.0. The van der Waals surface area contributed by atoms with Gasteiger partial charge in [-0.25, -0.2) is 4.79 Å². The fourth-order valence-corrected chi connectivity index (χ4v) is 5.46. The number of carboxylic acid groups (broad SMARTS) is 1. The number of allylic oxidation sites excluding steroid dienone is 2. The summed E-state index contributed by atoms with van der Waals surface area (Å²) in [6, 6.07) is -0.612. The maximum atomic E-state index is 12.6. The molecule has 0 aliphatic heterocycles. The van der Waals surface area contributed by atoms with Crippen molar-refractivity contribution in [2.24, 2.45) is 0 Å². The number of hydrogen-bond donors (Lipinski definition) is 1. The highest BCUT2D eigenvalue weighted by Gasteiger charge is 2.31. The molecule has 0 aliphatic carbocycles. The van der Waals surface area contributed by atoms with Gasteiger partial charge in [0.25, 0.3) is 0 Å². The summed E-state index contributed by atoms with van der Waals surface area (Å²) in [7, 11) is 5.50. The van der Waals surface area contributed by atoms with Gasteiger partial charge in [-0.05, 0) is 25.7 Å². The summed E-state index contributed by atoms with van der Waals surface area (Å²) in [5.41, 5.74) is 0. The number of esters is 2. The number of quaternary nitrogens is 1. The zero-order chi connectivity index (χ0) is 34.3. The van der Waals surface area contributed by atoms with E-state index in [1.807, 2.05) is 27.2 Å². The summed E-state index contributed by atoms with van der Waals surface area (Å²) in [6.07, 6.45) is 28.5. The van der Waals surface area contributed by atoms with E-state index in [9.17, 15) is 19.5 Å². The van der Waals surface area contributed by atoms with Crippen molar-refractivity contribution in [3.8, 4) is 0 Å². The van der Waals surface area contributed by atoms with E-state index in [0.717, 1.165) is 32.1 Å². The van der Waals surface area contributed by atoms with Crippen LogP contribution in [0.3, 0.4) is 0 Å². The minimum atomic E-state index is -0.879. The minimum absolute atomic E-state index is 0.0543. The van der Waals surface area contributed by atoms with Gasteiger partial charge in [-0.15, -0.1) is 0 Å². The van der Waals surface area contributed by atoms with Crippen LogP contribution in [0.4, 0.5) is 0 Å². The maximum absolute atomic E-state index is 12.6. The molecular formula is C38H72NO7+. The molecule has 46 heavy (non-hydrogen) atoms. The Kier molecular flexibility index (Phi) is 29.1. The number of rotatable bonds is 33. The van der Waals surface area contributed by atoms with Crippen LogP contribution < -0.4 is 0 Å². The van der Waals surface area contributed by atoms with Gasteiger partial charge in [0.2, 0.25) is 0 Å². The molecule has 8 nitrogen and oxygen atoms in total. The third kappa shape index (κ3) is 28.3. The van der Waals surface area contributed by atoms with Crippen LogP contribution >= 0.6 is 0 Å². The van der Waals surface area contributed by atoms with Crippen LogP contribution in [-0.2, 0) is 28.6 Å². The summed E-state index contributed by atoms with van der Waals surface area (Å²) in [5, 5.41) is 9.55. The van der Waals surface area contributed by atoms with Crippen molar-refractivity contribution in [1.29, 1.82) is 0 Å². The van der Waals surface area contributed by atoms with Crippen LogP contribution in [-0.4, -0.2) is 80.6 Å². The molecule has 0 fully saturated rings. The Balaban J connectivity index is 4.37. The Morgan fingerprint density at radius 1 is 0.630 bits per heavy atom. The first-order chi connectivity index (χ1) is 22.1. The standard InChI is InChI=1S/C38H71NO7/c1-6-8-10-12-14-15-16-17-18-19-20-21-23-25-27-29-37(41)46-34(32-44-31-30-35(38(42)43)39(3,4)5)33-45-36(40)28-26-24-22-13-11-9-7-2/h22,24,34-35H,6-21,23,25-33H2,1-5H3/p+1/b24-22+. The highest BCUT2D eigenvalue weighted by molar-refractivity contribution is 5.72. The zero-order valence-corrected chi connectivity index (χ0v) is 30.5. The summed E-state index contributed by atoms with van der Waals surface area (Å²) in [5.74, 6) is -1.53. The monoisotopic (exact) mass is 655 g/mol. The second-order valence-electron chi connectivity index (χ2n) is 13.8. The third-order valence-corrected chi connectivity index (χ3v) is 8.43. The second-order valence-corrected chi connectivity index (χ2v) is 13.8. The molecule has 2 unspecified atom stereocenters. The van der Waals surface area contributed by atoms with Crippen LogP contribution in [0, 0.1) is 0 Å². The molecule has 0 heterocycles. The number of unbranched alkanes of at least 4 members (excludes halogenated alkanes) is 17. The van der Waals surface area contributed by atoms with Gasteiger partial charge < -0.3 is 23.8 Å². The molecule has 0 saturated carbocycles. The lowest BCUT2D eigenvalue weighted by Crippen LogP contribution is -2.50. The summed E-state index contributed by atoms with van der Waals surface area (Å²) in [6.45, 7) is 4.63. The van der Waals surface area contributed by atoms with E-state index in [4.69, 9.17) is 14.2 Å². The van der Waals surface area contributed by atoms with Gasteiger partial charge >= 0.3 is 17.9 Å². The normalized spacial score (nSPS) is 13.2. The van der Waals surface area contributed by atoms with Gasteiger partial charge in [-0.3, -0.25) is 9.59 Å². The fraction of sp³-hybridized carbons (Fsp3) is 0.868. The molecule has 8 heteroatoms. The number of likely N-dealkylation sites (N-methyl/N-ethyl adjacent to an activating group) is 1. The molecular weight excluding hydrogens is 582 g/mol. The number of carbonyl (C=O) groups excluding carboxylic acids is 2. The van der Waals surface area contributed by atoms with Crippen molar-refractivity contribution < 1.29 is 38.2 Å². The van der Waals surface area contributed by atoms with E-state index in [1.54, 1.807) is 0 Å². The Morgan fingerprint density at radius 2 is 1.13 bits per heavy atom. The van der Waals surface area contributed by atoms with Gasteiger partial charge in [-0.2, -0.15) is 0 Å². The predicted molar refractivity (Wildman–Crippen MR) is 188 cm³/mol. The first kappa shape index (κ1) is 44.1. The van der Waals surface area contributed by atoms with Crippen LogP contribution in [0.2, 0.25) is 0 Å². The number of carbonyl (C=O) groups is 3. The average Bonchev–Trinajstić information content (AvgIpc) is 3.00. The van der Waals surface area contributed by atoms with E-state index < -0.39 is 18.1 Å². The Morgan fingerprint density at radius 3 is 1.65 bits per heavy atom. The molecule has 0 aliphatic rings. The topological polar surface area (TPSA) is 99.1 Å². The average molecular weight is 655 g/mol. The predicted octanol–water partition coefficient (Wildman–Crippen LogP) is 9.19. The van der Waals surface area contributed by atoms with Crippen molar-refractivity contribution in [1.82, 2.24) is 0 Å². The molecule has 0 spiro atoms. The Hall–Kier alpha value is -1.93. The Bertz CT molecular complexity index is 778. The van der Waals surface area contributed by atoms with E-state index in [-0.39, 0.29) is 42.7 Å². The van der Waals surface area contributed by atoms with Crippen LogP contribution in [0.1, 0.15) is 162 Å². The molecule has 2 atom stereocenters. The molecule has 0 radical (unpaired) electrons. The van der Waals surface area contributed by atoms with Crippen LogP contribution in [0.5, 0.6) is 0 Å². The molecule has 0 aromatic carbocycles. The number of hydrogen-bond acceptors (Lipinski definition) is 6. The number of aliphatic carboxylic acids is 1. The molecule has 0 aromatic heterocycles. The molecule has 270 valence electrons. The van der Waals surface area contributed by atoms with Crippen molar-refractivity contribution in [3.63, 3.8) is 0 Å². The van der Waals surface area contributed by atoms with Gasteiger partial charge in [-0.1, -0.05) is 129 Å². The molecule has 0 bridgehead atoms. The number of nitrogens with zero attached hydrogens (tertiary/aromatic N) is 1. The van der Waals surface area contributed by atoms with Gasteiger partial charge in [0, 0.05) is 19.3 Å². The number of ether oxygens (including phenoxy) is 3. The van der Waals surface area contributed by atoms with Gasteiger partial charge in [0.15, 0.2) is 12.1 Å². The van der Waals surface area contributed by atoms with E-state index in [1.165, 1.54) is 89.9 Å². The SMILES string of the molecule is CCCCC/C=C/CCC(=O)OCC(COCCC(C(=O)O)[N+](C)(C)C)OC(=O)CCCCCCCCCCCCCCCCC. The smallest absolute Gasteiger partial charge is 0.362 e. The highest BCUT2D eigenvalue weighted by atomic mass is 16.6. The molecule has 0 amide bonds. The third-order valence-electron chi connectivity index (χ3n) is 8.43. The first-order valence-corrected chi connectivity index (χ1v) is 18.7. The molecule has 0 rings (SSSR count). The molecule has 0 aromatic rings. The van der Waals surface area contributed by atoms with Crippen LogP contribution in [0.25, 0.3) is 0 Å². The maximum Gasteiger partial charge on any atom is 0.362 e. The minimum Gasteiger partial charge on any atom is -0.477 e. The molecule has 0 saturated heterocycles. The fourth-order valence-electron chi connectivity index (χ4n) is 5.46. The van der Waals surface area contributed by atoms with E-state index >= 15 is 0 Å². The summed E-state index contributed by atoms with van der Waals surface area (Å²) < 4.78 is 17.1. The van der Waals surface area contributed by atoms with Crippen molar-refractivity contribution >= 4 is 17.9 Å². The first-order valence-electron chi connectivity index (χ1n) is 18.7. The van der Waals surface area contributed by atoms with Gasteiger partial charge in [0.1, 0.15) is 6.61 Å². The zero-order valence-electron chi connectivity index (χ0n) is 30.5. The lowest BCUT2D eigenvalue weighted by Gasteiger charge is -2.31. The lowest BCUT2D eigenvalue weighted by molar-refractivity contribution is -0.887. The highest BCUT2D eigenvalue weighted by Crippen LogP contribution is 2.15. The summed E-state index contributed by atoms with van der Waals surface area (Å²) >= 11 is 0. The van der Waals surface area contributed by atoms with Gasteiger partial charge in [0.05, 0.1) is 34.4 Å². The van der Waals surface area contributed by atoms with Crippen molar-refractivity contribution in [3.05, 3.63) is 12.2 Å². The quantitative estimate of drug-likeness (QED) is 0.0326.